The number of rotatable bonds is 8. The maximum absolute atomic E-state index is 11.5. The highest BCUT2D eigenvalue weighted by Crippen LogP contribution is 2.04. The normalized spacial score (nSPS) is 11.4. The summed E-state index contributed by atoms with van der Waals surface area (Å²) in [5.74, 6) is 0.226. The molecule has 0 fully saturated rings. The molecule has 18 heavy (non-hydrogen) atoms. The van der Waals surface area contributed by atoms with E-state index in [1.54, 1.807) is 6.08 Å². The number of hydrogen-bond donors (Lipinski definition) is 0. The van der Waals surface area contributed by atoms with Gasteiger partial charge >= 0.3 is 0 Å². The molecule has 0 saturated heterocycles. The number of allylic oxidation sites excluding steroid dienone is 3. The standard InChI is InChI=1S/C17H22O/c1-2-3-4-8-14-17(18)15-10-9-13-16-11-6-5-7-12-16/h5-7,9-13,15H,2-4,8,14H2,1H3/b13-9-,15-10+. The summed E-state index contributed by atoms with van der Waals surface area (Å²) in [6.07, 6.45) is 12.7. The van der Waals surface area contributed by atoms with Crippen molar-refractivity contribution in [2.75, 3.05) is 0 Å². The smallest absolute Gasteiger partial charge is 0.155 e. The van der Waals surface area contributed by atoms with E-state index in [1.165, 1.54) is 12.8 Å². The van der Waals surface area contributed by atoms with Gasteiger partial charge in [-0.2, -0.15) is 0 Å². The quantitative estimate of drug-likeness (QED) is 0.364. The van der Waals surface area contributed by atoms with Gasteiger partial charge in [0.05, 0.1) is 0 Å². The summed E-state index contributed by atoms with van der Waals surface area (Å²) >= 11 is 0. The first-order valence-corrected chi connectivity index (χ1v) is 6.75. The Hall–Kier alpha value is -1.63. The van der Waals surface area contributed by atoms with Crippen molar-refractivity contribution >= 4 is 11.9 Å². The van der Waals surface area contributed by atoms with Crippen molar-refractivity contribution in [3.05, 3.63) is 54.1 Å². The summed E-state index contributed by atoms with van der Waals surface area (Å²) in [6, 6.07) is 10.1. The molecular weight excluding hydrogens is 220 g/mol. The van der Waals surface area contributed by atoms with E-state index in [2.05, 4.69) is 6.92 Å². The molecule has 0 heterocycles. The van der Waals surface area contributed by atoms with Crippen LogP contribution in [0.15, 0.2) is 48.6 Å². The molecular formula is C17H22O. The number of benzene rings is 1. The van der Waals surface area contributed by atoms with Gasteiger partial charge in [-0.3, -0.25) is 4.79 Å². The highest BCUT2D eigenvalue weighted by molar-refractivity contribution is 5.89. The number of hydrogen-bond acceptors (Lipinski definition) is 1. The zero-order valence-corrected chi connectivity index (χ0v) is 11.1. The lowest BCUT2D eigenvalue weighted by atomic mass is 10.1. The van der Waals surface area contributed by atoms with Gasteiger partial charge in [-0.15, -0.1) is 0 Å². The average molecular weight is 242 g/mol. The molecule has 1 heteroatoms. The Kier molecular flexibility index (Phi) is 7.54. The lowest BCUT2D eigenvalue weighted by molar-refractivity contribution is -0.114. The van der Waals surface area contributed by atoms with Crippen molar-refractivity contribution in [3.63, 3.8) is 0 Å². The molecule has 0 unspecified atom stereocenters. The first-order valence-electron chi connectivity index (χ1n) is 6.75. The van der Waals surface area contributed by atoms with Gasteiger partial charge < -0.3 is 0 Å². The lowest BCUT2D eigenvalue weighted by Crippen LogP contribution is -1.91. The molecule has 1 nitrogen and oxygen atoms in total. The monoisotopic (exact) mass is 242 g/mol. The Morgan fingerprint density at radius 1 is 1.06 bits per heavy atom. The van der Waals surface area contributed by atoms with Crippen molar-refractivity contribution in [1.29, 1.82) is 0 Å². The minimum absolute atomic E-state index is 0.226. The molecule has 0 aromatic heterocycles. The van der Waals surface area contributed by atoms with Crippen molar-refractivity contribution < 1.29 is 4.79 Å². The predicted octanol–water partition coefficient (Wildman–Crippen LogP) is 4.80. The largest absolute Gasteiger partial charge is 0.295 e. The van der Waals surface area contributed by atoms with E-state index in [0.29, 0.717) is 6.42 Å². The third kappa shape index (κ3) is 6.85. The summed E-state index contributed by atoms with van der Waals surface area (Å²) in [5, 5.41) is 0. The van der Waals surface area contributed by atoms with Gasteiger partial charge in [0, 0.05) is 6.42 Å². The number of unbranched alkanes of at least 4 members (excludes halogenated alkanes) is 3. The van der Waals surface area contributed by atoms with E-state index in [-0.39, 0.29) is 5.78 Å². The molecule has 1 aromatic rings. The van der Waals surface area contributed by atoms with Crippen LogP contribution in [-0.4, -0.2) is 5.78 Å². The second-order valence-corrected chi connectivity index (χ2v) is 4.41. The molecule has 0 aliphatic carbocycles. The first-order chi connectivity index (χ1) is 8.83. The molecule has 0 amide bonds. The van der Waals surface area contributed by atoms with Gasteiger partial charge in [-0.25, -0.2) is 0 Å². The fourth-order valence-electron chi connectivity index (χ4n) is 1.70. The molecule has 1 rings (SSSR count). The van der Waals surface area contributed by atoms with E-state index in [4.69, 9.17) is 0 Å². The lowest BCUT2D eigenvalue weighted by Gasteiger charge is -1.95. The van der Waals surface area contributed by atoms with Gasteiger partial charge in [0.15, 0.2) is 5.78 Å². The predicted molar refractivity (Wildman–Crippen MR) is 78.4 cm³/mol. The minimum Gasteiger partial charge on any atom is -0.295 e. The van der Waals surface area contributed by atoms with E-state index in [0.717, 1.165) is 18.4 Å². The second kappa shape index (κ2) is 9.41. The summed E-state index contributed by atoms with van der Waals surface area (Å²) in [7, 11) is 0. The van der Waals surface area contributed by atoms with E-state index < -0.39 is 0 Å². The summed E-state index contributed by atoms with van der Waals surface area (Å²) in [6.45, 7) is 2.18. The number of ketones is 1. The Labute approximate surface area is 110 Å². The van der Waals surface area contributed by atoms with Crippen molar-refractivity contribution in [2.45, 2.75) is 39.0 Å². The summed E-state index contributed by atoms with van der Waals surface area (Å²) in [5.41, 5.74) is 1.15. The van der Waals surface area contributed by atoms with Gasteiger partial charge in [0.1, 0.15) is 0 Å². The molecule has 0 atom stereocenters. The zero-order chi connectivity index (χ0) is 13.1. The van der Waals surface area contributed by atoms with Crippen molar-refractivity contribution in [3.8, 4) is 0 Å². The van der Waals surface area contributed by atoms with Crippen LogP contribution in [0.1, 0.15) is 44.6 Å². The highest BCUT2D eigenvalue weighted by atomic mass is 16.1. The molecule has 0 aliphatic heterocycles. The van der Waals surface area contributed by atoms with Crippen molar-refractivity contribution in [2.24, 2.45) is 0 Å². The molecule has 0 aliphatic rings. The van der Waals surface area contributed by atoms with Crippen LogP contribution >= 0.6 is 0 Å². The Morgan fingerprint density at radius 3 is 2.56 bits per heavy atom. The number of carbonyl (C=O) groups excluding carboxylic acids is 1. The molecule has 1 aromatic carbocycles. The fourth-order valence-corrected chi connectivity index (χ4v) is 1.70. The van der Waals surface area contributed by atoms with Gasteiger partial charge in [-0.05, 0) is 18.1 Å². The molecule has 96 valence electrons. The molecule has 0 bridgehead atoms. The maximum atomic E-state index is 11.5. The Morgan fingerprint density at radius 2 is 1.83 bits per heavy atom. The van der Waals surface area contributed by atoms with Gasteiger partial charge in [-0.1, -0.05) is 74.7 Å². The van der Waals surface area contributed by atoms with Gasteiger partial charge in [0.25, 0.3) is 0 Å². The SMILES string of the molecule is CCCCCCC(=O)/C=C/C=C\c1ccccc1. The average Bonchev–Trinajstić information content (AvgIpc) is 2.41. The van der Waals surface area contributed by atoms with E-state index in [9.17, 15) is 4.79 Å². The minimum atomic E-state index is 0.226. The van der Waals surface area contributed by atoms with E-state index >= 15 is 0 Å². The Bertz CT molecular complexity index is 387. The molecule has 0 spiro atoms. The molecule has 0 radical (unpaired) electrons. The van der Waals surface area contributed by atoms with Gasteiger partial charge in [0.2, 0.25) is 0 Å². The van der Waals surface area contributed by atoms with Crippen LogP contribution in [-0.2, 0) is 4.79 Å². The topological polar surface area (TPSA) is 17.1 Å². The van der Waals surface area contributed by atoms with Crippen LogP contribution < -0.4 is 0 Å². The second-order valence-electron chi connectivity index (χ2n) is 4.41. The van der Waals surface area contributed by atoms with Crippen LogP contribution in [0.3, 0.4) is 0 Å². The molecule has 0 saturated carbocycles. The third-order valence-corrected chi connectivity index (χ3v) is 2.76. The number of carbonyl (C=O) groups is 1. The van der Waals surface area contributed by atoms with Crippen LogP contribution in [0.2, 0.25) is 0 Å². The fraction of sp³-hybridized carbons (Fsp3) is 0.353. The van der Waals surface area contributed by atoms with Crippen LogP contribution in [0, 0.1) is 0 Å². The zero-order valence-electron chi connectivity index (χ0n) is 11.1. The van der Waals surface area contributed by atoms with Crippen LogP contribution in [0.5, 0.6) is 0 Å². The third-order valence-electron chi connectivity index (χ3n) is 2.76. The Balaban J connectivity index is 2.23. The van der Waals surface area contributed by atoms with Crippen LogP contribution in [0.4, 0.5) is 0 Å². The highest BCUT2D eigenvalue weighted by Gasteiger charge is 1.95. The first kappa shape index (κ1) is 14.4. The summed E-state index contributed by atoms with van der Waals surface area (Å²) in [4.78, 5) is 11.5. The van der Waals surface area contributed by atoms with Crippen molar-refractivity contribution in [1.82, 2.24) is 0 Å². The molecule has 0 N–H and O–H groups in total. The maximum Gasteiger partial charge on any atom is 0.155 e. The summed E-state index contributed by atoms with van der Waals surface area (Å²) < 4.78 is 0. The van der Waals surface area contributed by atoms with E-state index in [1.807, 2.05) is 48.6 Å². The van der Waals surface area contributed by atoms with Crippen LogP contribution in [0.25, 0.3) is 6.08 Å².